The molecule has 3 aromatic rings. The lowest BCUT2D eigenvalue weighted by Crippen LogP contribution is -2.14. The van der Waals surface area contributed by atoms with Gasteiger partial charge < -0.3 is 4.74 Å². The van der Waals surface area contributed by atoms with Gasteiger partial charge in [0.25, 0.3) is 0 Å². The Morgan fingerprint density at radius 3 is 1.95 bits per heavy atom. The molecular weight excluding hydrogens is 488 g/mol. The maximum atomic E-state index is 15.1. The van der Waals surface area contributed by atoms with Crippen LogP contribution in [0.5, 0.6) is 5.75 Å². The van der Waals surface area contributed by atoms with Gasteiger partial charge in [0.15, 0.2) is 23.2 Å². The van der Waals surface area contributed by atoms with E-state index in [1.807, 2.05) is 0 Å². The lowest BCUT2D eigenvalue weighted by Gasteiger charge is -2.27. The van der Waals surface area contributed by atoms with Crippen LogP contribution < -0.4 is 4.74 Å². The molecule has 4 rings (SSSR count). The SMILES string of the molecule is CCCc1ccc(CCC=C[C@H]2CC[C@H](c3ccc(-c4ccc(OCC)c(F)c4F)c(F)c3F)CC2)cc1. The summed E-state index contributed by atoms with van der Waals surface area (Å²) >= 11 is 0. The topological polar surface area (TPSA) is 9.23 Å². The van der Waals surface area contributed by atoms with E-state index < -0.39 is 23.3 Å². The maximum absolute atomic E-state index is 15.1. The van der Waals surface area contributed by atoms with Gasteiger partial charge in [0.2, 0.25) is 5.82 Å². The quantitative estimate of drug-likeness (QED) is 0.189. The first-order valence-corrected chi connectivity index (χ1v) is 13.8. The van der Waals surface area contributed by atoms with Crippen molar-refractivity contribution in [2.45, 2.75) is 71.1 Å². The molecule has 0 aromatic heterocycles. The van der Waals surface area contributed by atoms with Crippen LogP contribution in [-0.4, -0.2) is 6.61 Å². The minimum atomic E-state index is -1.25. The summed E-state index contributed by atoms with van der Waals surface area (Å²) in [4.78, 5) is 0. The van der Waals surface area contributed by atoms with Gasteiger partial charge in [-0.15, -0.1) is 0 Å². The second-order valence-corrected chi connectivity index (χ2v) is 10.1. The van der Waals surface area contributed by atoms with Gasteiger partial charge in [-0.25, -0.2) is 13.2 Å². The highest BCUT2D eigenvalue weighted by Gasteiger charge is 2.27. The smallest absolute Gasteiger partial charge is 0.201 e. The van der Waals surface area contributed by atoms with Crippen LogP contribution in [0.3, 0.4) is 0 Å². The number of rotatable bonds is 10. The van der Waals surface area contributed by atoms with Crippen molar-refractivity contribution in [3.8, 4) is 16.9 Å². The van der Waals surface area contributed by atoms with Gasteiger partial charge in [-0.1, -0.05) is 61.9 Å². The third-order valence-corrected chi connectivity index (χ3v) is 7.53. The Balaban J connectivity index is 1.34. The van der Waals surface area contributed by atoms with Crippen LogP contribution in [0.2, 0.25) is 0 Å². The summed E-state index contributed by atoms with van der Waals surface area (Å²) in [5, 5.41) is 0. The Labute approximate surface area is 223 Å². The van der Waals surface area contributed by atoms with Gasteiger partial charge >= 0.3 is 0 Å². The van der Waals surface area contributed by atoms with Crippen LogP contribution in [0.15, 0.2) is 60.7 Å². The van der Waals surface area contributed by atoms with Crippen LogP contribution in [0.4, 0.5) is 17.6 Å². The van der Waals surface area contributed by atoms with Gasteiger partial charge in [0, 0.05) is 11.1 Å². The van der Waals surface area contributed by atoms with E-state index in [1.165, 1.54) is 35.4 Å². The molecule has 0 amide bonds. The fraction of sp³-hybridized carbons (Fsp3) is 0.394. The van der Waals surface area contributed by atoms with Crippen LogP contribution in [-0.2, 0) is 12.8 Å². The van der Waals surface area contributed by atoms with E-state index in [2.05, 4.69) is 43.3 Å². The summed E-state index contributed by atoms with van der Waals surface area (Å²) < 4.78 is 64.1. The average molecular weight is 525 g/mol. The molecule has 0 saturated heterocycles. The van der Waals surface area contributed by atoms with Crippen molar-refractivity contribution < 1.29 is 22.3 Å². The molecule has 1 nitrogen and oxygen atoms in total. The fourth-order valence-corrected chi connectivity index (χ4v) is 5.42. The van der Waals surface area contributed by atoms with Gasteiger partial charge in [0.1, 0.15) is 0 Å². The lowest BCUT2D eigenvalue weighted by atomic mass is 9.78. The number of benzene rings is 3. The minimum absolute atomic E-state index is 0.0910. The van der Waals surface area contributed by atoms with Gasteiger partial charge in [-0.3, -0.25) is 0 Å². The van der Waals surface area contributed by atoms with Gasteiger partial charge in [0.05, 0.1) is 6.61 Å². The monoisotopic (exact) mass is 524 g/mol. The molecule has 0 N–H and O–H groups in total. The van der Waals surface area contributed by atoms with E-state index in [4.69, 9.17) is 4.74 Å². The zero-order valence-corrected chi connectivity index (χ0v) is 22.2. The molecule has 38 heavy (non-hydrogen) atoms. The molecule has 0 bridgehead atoms. The van der Waals surface area contributed by atoms with Crippen LogP contribution in [0.1, 0.15) is 75.0 Å². The molecule has 1 saturated carbocycles. The molecule has 3 aromatic carbocycles. The molecule has 0 heterocycles. The largest absolute Gasteiger partial charge is 0.491 e. The summed E-state index contributed by atoms with van der Waals surface area (Å²) in [6.45, 7) is 4.00. The standard InChI is InChI=1S/C33H36F4O/c1-3-7-22-10-12-23(13-11-22)8-5-6-9-24-14-16-25(17-15-24)26-18-19-27(31(35)30(26)34)28-20-21-29(38-4-2)33(37)32(28)36/h6,9-13,18-21,24-25H,3-5,7-8,14-17H2,1-2H3/t24-,25-. The Hall–Kier alpha value is -3.08. The molecule has 0 atom stereocenters. The highest BCUT2D eigenvalue weighted by Crippen LogP contribution is 2.40. The first-order valence-electron chi connectivity index (χ1n) is 13.8. The highest BCUT2D eigenvalue weighted by molar-refractivity contribution is 5.66. The predicted molar refractivity (Wildman–Crippen MR) is 145 cm³/mol. The van der Waals surface area contributed by atoms with E-state index >= 15 is 8.78 Å². The Kier molecular flexibility index (Phi) is 9.65. The summed E-state index contributed by atoms with van der Waals surface area (Å²) in [6, 6.07) is 14.2. The van der Waals surface area contributed by atoms with Crippen molar-refractivity contribution in [1.29, 1.82) is 0 Å². The third-order valence-electron chi connectivity index (χ3n) is 7.53. The average Bonchev–Trinajstić information content (AvgIpc) is 2.93. The zero-order chi connectivity index (χ0) is 27.1. The molecular formula is C33H36F4O. The van der Waals surface area contributed by atoms with Crippen LogP contribution in [0.25, 0.3) is 11.1 Å². The van der Waals surface area contributed by atoms with E-state index in [0.717, 1.165) is 51.4 Å². The second kappa shape index (κ2) is 13.1. The Morgan fingerprint density at radius 1 is 0.711 bits per heavy atom. The molecule has 0 unspecified atom stereocenters. The van der Waals surface area contributed by atoms with E-state index in [0.29, 0.717) is 11.5 Å². The molecule has 0 aliphatic heterocycles. The second-order valence-electron chi connectivity index (χ2n) is 10.1. The molecule has 5 heteroatoms. The van der Waals surface area contributed by atoms with Gasteiger partial charge in [-0.05, 0) is 92.5 Å². The first-order chi connectivity index (χ1) is 18.4. The number of ether oxygens (including phenoxy) is 1. The summed E-state index contributed by atoms with van der Waals surface area (Å²) in [7, 11) is 0. The van der Waals surface area contributed by atoms with E-state index in [-0.39, 0.29) is 29.4 Å². The minimum Gasteiger partial charge on any atom is -0.491 e. The summed E-state index contributed by atoms with van der Waals surface area (Å²) in [5.74, 6) is -4.47. The van der Waals surface area contributed by atoms with Crippen molar-refractivity contribution in [2.75, 3.05) is 6.61 Å². The summed E-state index contributed by atoms with van der Waals surface area (Å²) in [6.07, 6.45) is 12.1. The van der Waals surface area contributed by atoms with Gasteiger partial charge in [-0.2, -0.15) is 4.39 Å². The Bertz CT molecular complexity index is 1240. The molecule has 1 fully saturated rings. The molecule has 1 aliphatic rings. The number of halogens is 4. The molecule has 0 radical (unpaired) electrons. The number of hydrogen-bond acceptors (Lipinski definition) is 1. The fourth-order valence-electron chi connectivity index (χ4n) is 5.42. The van der Waals surface area contributed by atoms with Crippen molar-refractivity contribution in [3.05, 3.63) is 101 Å². The van der Waals surface area contributed by atoms with E-state index in [9.17, 15) is 8.78 Å². The normalized spacial score (nSPS) is 17.7. The molecule has 202 valence electrons. The third kappa shape index (κ3) is 6.48. The number of allylic oxidation sites excluding steroid dienone is 2. The lowest BCUT2D eigenvalue weighted by molar-refractivity contribution is 0.314. The van der Waals surface area contributed by atoms with Crippen molar-refractivity contribution in [1.82, 2.24) is 0 Å². The predicted octanol–water partition coefficient (Wildman–Crippen LogP) is 9.72. The highest BCUT2D eigenvalue weighted by atomic mass is 19.2. The van der Waals surface area contributed by atoms with Crippen molar-refractivity contribution >= 4 is 0 Å². The number of aryl methyl sites for hydroxylation is 2. The van der Waals surface area contributed by atoms with Crippen LogP contribution in [0, 0.1) is 29.2 Å². The zero-order valence-electron chi connectivity index (χ0n) is 22.2. The molecule has 1 aliphatic carbocycles. The van der Waals surface area contributed by atoms with Crippen molar-refractivity contribution in [2.24, 2.45) is 5.92 Å². The maximum Gasteiger partial charge on any atom is 0.201 e. The molecule has 0 spiro atoms. The Morgan fingerprint density at radius 2 is 1.32 bits per heavy atom. The summed E-state index contributed by atoms with van der Waals surface area (Å²) in [5.41, 5.74) is 2.42. The van der Waals surface area contributed by atoms with Crippen molar-refractivity contribution in [3.63, 3.8) is 0 Å². The van der Waals surface area contributed by atoms with E-state index in [1.54, 1.807) is 6.92 Å². The first kappa shape index (κ1) is 27.9. The van der Waals surface area contributed by atoms with Crippen LogP contribution >= 0.6 is 0 Å². The number of hydrogen-bond donors (Lipinski definition) is 0.